The third-order valence-corrected chi connectivity index (χ3v) is 1.40. The van der Waals surface area contributed by atoms with Crippen molar-refractivity contribution in [2.24, 2.45) is 10.2 Å². The lowest BCUT2D eigenvalue weighted by atomic mass is 10.2. The standard InChI is InChI=1S/C11H14N2O2/c1-11(2,3)15-10(14)9-7-5-4-6-8-12-13-9/h4-8H,1-3H3. The van der Waals surface area contributed by atoms with Gasteiger partial charge in [0, 0.05) is 6.21 Å². The van der Waals surface area contributed by atoms with Crippen molar-refractivity contribution < 1.29 is 9.53 Å². The molecule has 0 spiro atoms. The maximum absolute atomic E-state index is 11.6. The van der Waals surface area contributed by atoms with E-state index in [0.717, 1.165) is 0 Å². The van der Waals surface area contributed by atoms with Crippen LogP contribution in [0.3, 0.4) is 0 Å². The molecule has 1 rings (SSSR count). The molecular formula is C11H14N2O2. The van der Waals surface area contributed by atoms with Crippen molar-refractivity contribution in [3.8, 4) is 0 Å². The molecule has 1 aliphatic rings. The predicted octanol–water partition coefficient (Wildman–Crippen LogP) is 1.88. The van der Waals surface area contributed by atoms with Crippen molar-refractivity contribution in [3.05, 3.63) is 24.3 Å². The molecule has 4 nitrogen and oxygen atoms in total. The zero-order valence-corrected chi connectivity index (χ0v) is 9.10. The molecule has 0 bridgehead atoms. The number of esters is 1. The van der Waals surface area contributed by atoms with Gasteiger partial charge < -0.3 is 4.74 Å². The van der Waals surface area contributed by atoms with E-state index in [0.29, 0.717) is 0 Å². The fourth-order valence-electron chi connectivity index (χ4n) is 0.867. The van der Waals surface area contributed by atoms with Gasteiger partial charge in [0.15, 0.2) is 5.71 Å². The van der Waals surface area contributed by atoms with Gasteiger partial charge in [0.05, 0.1) is 0 Å². The van der Waals surface area contributed by atoms with E-state index in [1.54, 1.807) is 45.1 Å². The summed E-state index contributed by atoms with van der Waals surface area (Å²) in [7, 11) is 0. The molecule has 0 amide bonds. The molecule has 1 heterocycles. The van der Waals surface area contributed by atoms with Gasteiger partial charge in [0.25, 0.3) is 0 Å². The van der Waals surface area contributed by atoms with Gasteiger partial charge in [-0.15, -0.1) is 5.10 Å². The third-order valence-electron chi connectivity index (χ3n) is 1.40. The molecule has 0 atom stereocenters. The molecule has 4 heteroatoms. The van der Waals surface area contributed by atoms with Crippen LogP contribution in [0.2, 0.25) is 0 Å². The van der Waals surface area contributed by atoms with Crippen molar-refractivity contribution in [2.45, 2.75) is 26.4 Å². The van der Waals surface area contributed by atoms with Crippen LogP contribution in [0.4, 0.5) is 0 Å². The Morgan fingerprint density at radius 2 is 2.00 bits per heavy atom. The average molecular weight is 206 g/mol. The van der Waals surface area contributed by atoms with E-state index in [1.807, 2.05) is 0 Å². The van der Waals surface area contributed by atoms with Gasteiger partial charge in [-0.25, -0.2) is 4.79 Å². The highest BCUT2D eigenvalue weighted by Crippen LogP contribution is 2.08. The first kappa shape index (κ1) is 11.4. The van der Waals surface area contributed by atoms with Crippen molar-refractivity contribution in [1.29, 1.82) is 0 Å². The molecule has 80 valence electrons. The molecule has 0 saturated carbocycles. The molecule has 0 fully saturated rings. The van der Waals surface area contributed by atoms with Crippen LogP contribution in [0.1, 0.15) is 20.8 Å². The highest BCUT2D eigenvalue weighted by molar-refractivity contribution is 6.41. The average Bonchev–Trinajstić information content (AvgIpc) is 1.98. The summed E-state index contributed by atoms with van der Waals surface area (Å²) >= 11 is 0. The highest BCUT2D eigenvalue weighted by atomic mass is 16.6. The molecule has 1 aliphatic heterocycles. The Balaban J connectivity index is 2.75. The molecule has 0 saturated heterocycles. The molecular weight excluding hydrogens is 192 g/mol. The number of hydrogen-bond acceptors (Lipinski definition) is 4. The predicted molar refractivity (Wildman–Crippen MR) is 60.1 cm³/mol. The Morgan fingerprint density at radius 1 is 1.27 bits per heavy atom. The van der Waals surface area contributed by atoms with Crippen LogP contribution in [0, 0.1) is 0 Å². The number of carbonyl (C=O) groups is 1. The van der Waals surface area contributed by atoms with Gasteiger partial charge in [0.1, 0.15) is 5.60 Å². The Hall–Kier alpha value is -1.71. The van der Waals surface area contributed by atoms with Gasteiger partial charge in [-0.05, 0) is 32.9 Å². The van der Waals surface area contributed by atoms with Crippen LogP contribution in [-0.4, -0.2) is 23.5 Å². The Labute approximate surface area is 89.0 Å². The van der Waals surface area contributed by atoms with Crippen LogP contribution in [0.25, 0.3) is 0 Å². The van der Waals surface area contributed by atoms with Crippen molar-refractivity contribution in [1.82, 2.24) is 0 Å². The van der Waals surface area contributed by atoms with E-state index in [1.165, 1.54) is 6.21 Å². The van der Waals surface area contributed by atoms with Gasteiger partial charge >= 0.3 is 5.97 Å². The number of rotatable bonds is 1. The molecule has 0 aromatic heterocycles. The minimum Gasteiger partial charge on any atom is -0.455 e. The van der Waals surface area contributed by atoms with Gasteiger partial charge in [-0.2, -0.15) is 5.10 Å². The number of carbonyl (C=O) groups excluding carboxylic acids is 1. The minimum atomic E-state index is -0.518. The second-order valence-electron chi connectivity index (χ2n) is 4.00. The van der Waals surface area contributed by atoms with Crippen LogP contribution < -0.4 is 0 Å². The minimum absolute atomic E-state index is 0.200. The van der Waals surface area contributed by atoms with E-state index in [-0.39, 0.29) is 5.71 Å². The summed E-state index contributed by atoms with van der Waals surface area (Å²) in [6.45, 7) is 5.42. The monoisotopic (exact) mass is 206 g/mol. The normalized spacial score (nSPS) is 15.5. The van der Waals surface area contributed by atoms with Gasteiger partial charge in [-0.1, -0.05) is 12.2 Å². The van der Waals surface area contributed by atoms with E-state index in [4.69, 9.17) is 4.74 Å². The van der Waals surface area contributed by atoms with Gasteiger partial charge in [-0.3, -0.25) is 0 Å². The van der Waals surface area contributed by atoms with E-state index in [2.05, 4.69) is 10.2 Å². The molecule has 0 N–H and O–H groups in total. The fraction of sp³-hybridized carbons (Fsp3) is 0.364. The summed E-state index contributed by atoms with van der Waals surface area (Å²) in [6.07, 6.45) is 8.29. The van der Waals surface area contributed by atoms with Crippen molar-refractivity contribution in [3.63, 3.8) is 0 Å². The first-order valence-electron chi connectivity index (χ1n) is 4.67. The number of allylic oxidation sites excluding steroid dienone is 3. The van der Waals surface area contributed by atoms with Crippen molar-refractivity contribution >= 4 is 17.9 Å². The molecule has 0 radical (unpaired) electrons. The third kappa shape index (κ3) is 4.35. The second kappa shape index (κ2) is 4.68. The van der Waals surface area contributed by atoms with Crippen molar-refractivity contribution in [2.75, 3.05) is 0 Å². The highest BCUT2D eigenvalue weighted by Gasteiger charge is 2.19. The summed E-state index contributed by atoms with van der Waals surface area (Å²) in [5, 5.41) is 7.43. The summed E-state index contributed by atoms with van der Waals surface area (Å²) in [5.74, 6) is -0.466. The molecule has 0 aromatic rings. The number of hydrogen-bond donors (Lipinski definition) is 0. The van der Waals surface area contributed by atoms with Crippen LogP contribution >= 0.6 is 0 Å². The molecule has 0 aliphatic carbocycles. The lowest BCUT2D eigenvalue weighted by Gasteiger charge is -2.18. The van der Waals surface area contributed by atoms with Gasteiger partial charge in [0.2, 0.25) is 0 Å². The largest absolute Gasteiger partial charge is 0.455 e. The summed E-state index contributed by atoms with van der Waals surface area (Å²) in [4.78, 5) is 11.6. The lowest BCUT2D eigenvalue weighted by molar-refractivity contribution is -0.146. The van der Waals surface area contributed by atoms with E-state index < -0.39 is 11.6 Å². The van der Waals surface area contributed by atoms with Crippen LogP contribution in [0.5, 0.6) is 0 Å². The SMILES string of the molecule is CC(C)(C)OC(=O)C1=NN=CC=CC=C1. The zero-order valence-electron chi connectivity index (χ0n) is 9.10. The number of ether oxygens (including phenoxy) is 1. The maximum Gasteiger partial charge on any atom is 0.359 e. The first-order chi connectivity index (χ1) is 6.99. The van der Waals surface area contributed by atoms with Crippen LogP contribution in [-0.2, 0) is 9.53 Å². The van der Waals surface area contributed by atoms with E-state index >= 15 is 0 Å². The summed E-state index contributed by atoms with van der Waals surface area (Å²) in [6, 6.07) is 0. The smallest absolute Gasteiger partial charge is 0.359 e. The fourth-order valence-corrected chi connectivity index (χ4v) is 0.867. The second-order valence-corrected chi connectivity index (χ2v) is 4.00. The zero-order chi connectivity index (χ0) is 11.3. The number of nitrogens with zero attached hydrogens (tertiary/aromatic N) is 2. The lowest BCUT2D eigenvalue weighted by Crippen LogP contribution is -2.28. The topological polar surface area (TPSA) is 51.0 Å². The Kier molecular flexibility index (Phi) is 3.55. The maximum atomic E-state index is 11.6. The molecule has 0 unspecified atom stereocenters. The first-order valence-corrected chi connectivity index (χ1v) is 4.67. The molecule has 15 heavy (non-hydrogen) atoms. The molecule has 0 aromatic carbocycles. The van der Waals surface area contributed by atoms with Crippen LogP contribution in [0.15, 0.2) is 34.5 Å². The Morgan fingerprint density at radius 3 is 2.67 bits per heavy atom. The Bertz CT molecular complexity index is 357. The summed E-state index contributed by atoms with van der Waals surface area (Å²) in [5.41, 5.74) is -0.319. The quantitative estimate of drug-likeness (QED) is 0.615. The van der Waals surface area contributed by atoms with E-state index in [9.17, 15) is 4.79 Å². The summed E-state index contributed by atoms with van der Waals surface area (Å²) < 4.78 is 5.15.